The van der Waals surface area contributed by atoms with Crippen LogP contribution in [0.25, 0.3) is 11.4 Å². The molecule has 0 bridgehead atoms. The van der Waals surface area contributed by atoms with E-state index in [0.29, 0.717) is 30.6 Å². The largest absolute Gasteiger partial charge is 0.339 e. The molecule has 1 aliphatic rings. The van der Waals surface area contributed by atoms with Gasteiger partial charge in [0.15, 0.2) is 0 Å². The topological polar surface area (TPSA) is 72.1 Å². The van der Waals surface area contributed by atoms with Crippen LogP contribution in [0.4, 0.5) is 0 Å². The zero-order valence-corrected chi connectivity index (χ0v) is 16.1. The van der Waals surface area contributed by atoms with Gasteiger partial charge in [-0.15, -0.1) is 11.8 Å². The molecule has 138 valence electrons. The third-order valence-corrected chi connectivity index (χ3v) is 5.66. The lowest BCUT2D eigenvalue weighted by Gasteiger charge is -2.30. The molecule has 0 N–H and O–H groups in total. The van der Waals surface area contributed by atoms with Crippen molar-refractivity contribution in [3.63, 3.8) is 0 Å². The Bertz CT molecular complexity index is 971. The molecule has 6 nitrogen and oxygen atoms in total. The summed E-state index contributed by atoms with van der Waals surface area (Å²) in [6.07, 6.45) is 2.63. The fraction of sp³-hybridized carbons (Fsp3) is 0.300. The first-order valence-corrected chi connectivity index (χ1v) is 9.84. The summed E-state index contributed by atoms with van der Waals surface area (Å²) in [5.74, 6) is 1.70. The zero-order valence-electron chi connectivity index (χ0n) is 15.3. The summed E-state index contributed by atoms with van der Waals surface area (Å²) >= 11 is 1.57. The minimum atomic E-state index is 0.145. The summed E-state index contributed by atoms with van der Waals surface area (Å²) in [4.78, 5) is 24.5. The van der Waals surface area contributed by atoms with Gasteiger partial charge in [-0.1, -0.05) is 23.4 Å². The molecule has 3 aromatic rings. The summed E-state index contributed by atoms with van der Waals surface area (Å²) in [6, 6.07) is 9.99. The highest BCUT2D eigenvalue weighted by Crippen LogP contribution is 2.31. The standard InChI is InChI=1S/C20H20N4O2S/c1-13-19(20-22-14(2)26-23-20)17-8-9-24(11-15(17)10-21-13)18(25)12-27-16-6-4-3-5-7-16/h3-7,10H,8-9,11-12H2,1-2H3. The number of hydrogen-bond acceptors (Lipinski definition) is 6. The molecule has 2 aromatic heterocycles. The molecule has 0 fully saturated rings. The maximum absolute atomic E-state index is 12.7. The average Bonchev–Trinajstić information content (AvgIpc) is 3.12. The number of benzene rings is 1. The van der Waals surface area contributed by atoms with E-state index in [1.54, 1.807) is 18.7 Å². The number of pyridine rings is 1. The minimum Gasteiger partial charge on any atom is -0.339 e. The van der Waals surface area contributed by atoms with E-state index in [1.807, 2.05) is 48.4 Å². The van der Waals surface area contributed by atoms with Crippen LogP contribution in [0.15, 0.2) is 45.9 Å². The fourth-order valence-corrected chi connectivity index (χ4v) is 4.14. The highest BCUT2D eigenvalue weighted by atomic mass is 32.2. The van der Waals surface area contributed by atoms with Crippen molar-refractivity contribution in [1.82, 2.24) is 20.0 Å². The molecule has 1 aliphatic heterocycles. The Kier molecular flexibility index (Phi) is 4.94. The van der Waals surface area contributed by atoms with E-state index in [9.17, 15) is 4.79 Å². The van der Waals surface area contributed by atoms with E-state index < -0.39 is 0 Å². The monoisotopic (exact) mass is 380 g/mol. The second-order valence-electron chi connectivity index (χ2n) is 6.53. The van der Waals surface area contributed by atoms with Crippen LogP contribution >= 0.6 is 11.8 Å². The maximum atomic E-state index is 12.7. The van der Waals surface area contributed by atoms with E-state index >= 15 is 0 Å². The van der Waals surface area contributed by atoms with Crippen molar-refractivity contribution in [3.05, 3.63) is 59.2 Å². The normalized spacial score (nSPS) is 13.5. The average molecular weight is 380 g/mol. The maximum Gasteiger partial charge on any atom is 0.233 e. The molecule has 7 heteroatoms. The number of rotatable bonds is 4. The lowest BCUT2D eigenvalue weighted by molar-refractivity contribution is -0.129. The molecule has 0 radical (unpaired) electrons. The van der Waals surface area contributed by atoms with E-state index in [0.717, 1.165) is 28.1 Å². The van der Waals surface area contributed by atoms with E-state index in [-0.39, 0.29) is 5.91 Å². The van der Waals surface area contributed by atoms with Crippen LogP contribution in [0.3, 0.4) is 0 Å². The zero-order chi connectivity index (χ0) is 18.8. The second-order valence-corrected chi connectivity index (χ2v) is 7.58. The van der Waals surface area contributed by atoms with Gasteiger partial charge >= 0.3 is 0 Å². The van der Waals surface area contributed by atoms with Crippen molar-refractivity contribution < 1.29 is 9.32 Å². The van der Waals surface area contributed by atoms with Crippen LogP contribution in [-0.2, 0) is 17.8 Å². The predicted octanol–water partition coefficient (Wildman–Crippen LogP) is 3.43. The summed E-state index contributed by atoms with van der Waals surface area (Å²) in [7, 11) is 0. The van der Waals surface area contributed by atoms with Gasteiger partial charge in [0.2, 0.25) is 17.6 Å². The smallest absolute Gasteiger partial charge is 0.233 e. The number of thioether (sulfide) groups is 1. The lowest BCUT2D eigenvalue weighted by atomic mass is 9.94. The van der Waals surface area contributed by atoms with Crippen molar-refractivity contribution in [2.45, 2.75) is 31.7 Å². The highest BCUT2D eigenvalue weighted by Gasteiger charge is 2.26. The van der Waals surface area contributed by atoms with Gasteiger partial charge in [0.1, 0.15) is 0 Å². The molecule has 0 saturated heterocycles. The molecule has 1 aromatic carbocycles. The van der Waals surface area contributed by atoms with Crippen LogP contribution in [0.1, 0.15) is 22.7 Å². The third kappa shape index (κ3) is 3.73. The van der Waals surface area contributed by atoms with Crippen molar-refractivity contribution in [3.8, 4) is 11.4 Å². The molecular weight excluding hydrogens is 360 g/mol. The number of nitrogens with zero attached hydrogens (tertiary/aromatic N) is 4. The summed E-state index contributed by atoms with van der Waals surface area (Å²) in [5, 5.41) is 4.06. The molecule has 0 atom stereocenters. The minimum absolute atomic E-state index is 0.145. The van der Waals surface area contributed by atoms with Crippen LogP contribution in [0.5, 0.6) is 0 Å². The molecular formula is C20H20N4O2S. The first-order valence-electron chi connectivity index (χ1n) is 8.85. The van der Waals surface area contributed by atoms with Crippen LogP contribution < -0.4 is 0 Å². The van der Waals surface area contributed by atoms with Crippen molar-refractivity contribution in [1.29, 1.82) is 0 Å². The molecule has 0 unspecified atom stereocenters. The first kappa shape index (κ1) is 17.7. The molecule has 0 spiro atoms. The van der Waals surface area contributed by atoms with E-state index in [1.165, 1.54) is 5.56 Å². The first-order chi connectivity index (χ1) is 13.1. The summed E-state index contributed by atoms with van der Waals surface area (Å²) in [5.41, 5.74) is 4.05. The van der Waals surface area contributed by atoms with Crippen LogP contribution in [0, 0.1) is 13.8 Å². The number of aromatic nitrogens is 3. The Balaban J connectivity index is 1.51. The Labute approximate surface area is 162 Å². The van der Waals surface area contributed by atoms with Gasteiger partial charge in [0.05, 0.1) is 5.75 Å². The van der Waals surface area contributed by atoms with Gasteiger partial charge < -0.3 is 9.42 Å². The molecule has 1 amide bonds. The molecule has 27 heavy (non-hydrogen) atoms. The summed E-state index contributed by atoms with van der Waals surface area (Å²) < 4.78 is 5.14. The Morgan fingerprint density at radius 3 is 2.81 bits per heavy atom. The Morgan fingerprint density at radius 1 is 1.26 bits per heavy atom. The Morgan fingerprint density at radius 2 is 2.07 bits per heavy atom. The second kappa shape index (κ2) is 7.52. The highest BCUT2D eigenvalue weighted by molar-refractivity contribution is 8.00. The number of hydrogen-bond donors (Lipinski definition) is 0. The van der Waals surface area contributed by atoms with Crippen molar-refractivity contribution in [2.24, 2.45) is 0 Å². The van der Waals surface area contributed by atoms with Gasteiger partial charge in [0, 0.05) is 42.4 Å². The number of carbonyl (C=O) groups excluding carboxylic acids is 1. The SMILES string of the molecule is Cc1nc(-c2c(C)ncc3c2CCN(C(=O)CSc2ccccc2)C3)no1. The van der Waals surface area contributed by atoms with Crippen molar-refractivity contribution >= 4 is 17.7 Å². The van der Waals surface area contributed by atoms with E-state index in [4.69, 9.17) is 4.52 Å². The molecule has 0 aliphatic carbocycles. The lowest BCUT2D eigenvalue weighted by Crippen LogP contribution is -2.37. The van der Waals surface area contributed by atoms with E-state index in [2.05, 4.69) is 15.1 Å². The molecule has 4 rings (SSSR count). The number of aryl methyl sites for hydroxylation is 2. The van der Waals surface area contributed by atoms with Crippen molar-refractivity contribution in [2.75, 3.05) is 12.3 Å². The van der Waals surface area contributed by atoms with Crippen LogP contribution in [0.2, 0.25) is 0 Å². The quantitative estimate of drug-likeness (QED) is 0.646. The summed E-state index contributed by atoms with van der Waals surface area (Å²) in [6.45, 7) is 4.99. The van der Waals surface area contributed by atoms with Gasteiger partial charge in [0.25, 0.3) is 0 Å². The fourth-order valence-electron chi connectivity index (χ4n) is 3.31. The van der Waals surface area contributed by atoms with Crippen LogP contribution in [-0.4, -0.2) is 38.2 Å². The predicted molar refractivity (Wildman–Crippen MR) is 103 cm³/mol. The number of amides is 1. The number of fused-ring (bicyclic) bond motifs is 1. The molecule has 3 heterocycles. The van der Waals surface area contributed by atoms with Gasteiger partial charge in [-0.3, -0.25) is 9.78 Å². The Hall–Kier alpha value is -2.67. The van der Waals surface area contributed by atoms with Gasteiger partial charge in [-0.25, -0.2) is 0 Å². The van der Waals surface area contributed by atoms with Gasteiger partial charge in [-0.2, -0.15) is 4.98 Å². The van der Waals surface area contributed by atoms with Gasteiger partial charge in [-0.05, 0) is 36.6 Å². The molecule has 0 saturated carbocycles. The third-order valence-electron chi connectivity index (χ3n) is 4.67. The number of carbonyl (C=O) groups is 1.